The quantitative estimate of drug-likeness (QED) is 0.861. The van der Waals surface area contributed by atoms with Crippen LogP contribution in [0.5, 0.6) is 5.75 Å². The first-order valence-corrected chi connectivity index (χ1v) is 6.88. The topological polar surface area (TPSA) is 38.3 Å². The van der Waals surface area contributed by atoms with E-state index in [-0.39, 0.29) is 12.1 Å². The van der Waals surface area contributed by atoms with Crippen LogP contribution in [0.4, 0.5) is 4.79 Å². The van der Waals surface area contributed by atoms with Gasteiger partial charge in [0, 0.05) is 6.04 Å². The van der Waals surface area contributed by atoms with Crippen LogP contribution < -0.4 is 10.1 Å². The molecule has 0 aromatic heterocycles. The van der Waals surface area contributed by atoms with Crippen LogP contribution in [0.3, 0.4) is 0 Å². The second-order valence-corrected chi connectivity index (χ2v) is 4.89. The predicted octanol–water partition coefficient (Wildman–Crippen LogP) is 3.89. The summed E-state index contributed by atoms with van der Waals surface area (Å²) in [5, 5.41) is 2.97. The van der Waals surface area contributed by atoms with E-state index in [1.54, 1.807) is 12.1 Å². The van der Waals surface area contributed by atoms with Gasteiger partial charge in [0.15, 0.2) is 0 Å². The fraction of sp³-hybridized carbons (Fsp3) is 0.533. The number of hydrogen-bond acceptors (Lipinski definition) is 2. The second-order valence-electron chi connectivity index (χ2n) is 4.89. The first-order valence-electron chi connectivity index (χ1n) is 6.88. The zero-order valence-corrected chi connectivity index (χ0v) is 10.7. The molecule has 3 heteroatoms. The van der Waals surface area contributed by atoms with Crippen LogP contribution in [0.2, 0.25) is 0 Å². The Bertz CT molecular complexity index is 356. The van der Waals surface area contributed by atoms with Crippen molar-refractivity contribution in [2.45, 2.75) is 51.0 Å². The van der Waals surface area contributed by atoms with Crippen molar-refractivity contribution in [3.63, 3.8) is 0 Å². The number of amides is 1. The normalized spacial score (nSPS) is 17.6. The number of nitrogens with one attached hydrogen (secondary N) is 1. The maximum absolute atomic E-state index is 11.7. The summed E-state index contributed by atoms with van der Waals surface area (Å²) in [7, 11) is 0. The number of carbonyl (C=O) groups excluding carboxylic acids is 1. The van der Waals surface area contributed by atoms with Gasteiger partial charge in [0.25, 0.3) is 0 Å². The molecule has 0 heterocycles. The zero-order valence-electron chi connectivity index (χ0n) is 10.7. The summed E-state index contributed by atoms with van der Waals surface area (Å²) in [5.74, 6) is 0.598. The Labute approximate surface area is 109 Å². The Morgan fingerprint density at radius 3 is 2.28 bits per heavy atom. The molecule has 1 amide bonds. The van der Waals surface area contributed by atoms with Crippen LogP contribution in [0, 0.1) is 0 Å². The van der Waals surface area contributed by atoms with Gasteiger partial charge in [-0.1, -0.05) is 50.3 Å². The summed E-state index contributed by atoms with van der Waals surface area (Å²) in [6, 6.07) is 9.48. The smallest absolute Gasteiger partial charge is 0.410 e. The van der Waals surface area contributed by atoms with Gasteiger partial charge >= 0.3 is 6.09 Å². The Morgan fingerprint density at radius 2 is 1.61 bits per heavy atom. The van der Waals surface area contributed by atoms with Crippen molar-refractivity contribution in [1.82, 2.24) is 5.32 Å². The Morgan fingerprint density at radius 1 is 1.00 bits per heavy atom. The third kappa shape index (κ3) is 4.40. The van der Waals surface area contributed by atoms with Crippen molar-refractivity contribution in [3.8, 4) is 5.75 Å². The van der Waals surface area contributed by atoms with Gasteiger partial charge < -0.3 is 10.1 Å². The van der Waals surface area contributed by atoms with Gasteiger partial charge in [0.05, 0.1) is 0 Å². The zero-order chi connectivity index (χ0) is 12.6. The number of para-hydroxylation sites is 1. The van der Waals surface area contributed by atoms with Gasteiger partial charge in [-0.05, 0) is 25.0 Å². The van der Waals surface area contributed by atoms with E-state index in [0.29, 0.717) is 5.75 Å². The predicted molar refractivity (Wildman–Crippen MR) is 71.7 cm³/mol. The van der Waals surface area contributed by atoms with E-state index in [0.717, 1.165) is 12.8 Å². The molecule has 1 aliphatic rings. The van der Waals surface area contributed by atoms with E-state index in [2.05, 4.69) is 5.32 Å². The van der Waals surface area contributed by atoms with Crippen molar-refractivity contribution in [2.24, 2.45) is 0 Å². The molecule has 0 radical (unpaired) electrons. The van der Waals surface area contributed by atoms with Gasteiger partial charge in [-0.15, -0.1) is 0 Å². The molecule has 0 saturated heterocycles. The van der Waals surface area contributed by atoms with Gasteiger partial charge in [0.2, 0.25) is 0 Å². The lowest BCUT2D eigenvalue weighted by Crippen LogP contribution is -2.37. The molecular formula is C15H21NO2. The SMILES string of the molecule is O=C(NC1CCCCCCC1)Oc1ccccc1. The van der Waals surface area contributed by atoms with Gasteiger partial charge in [-0.2, -0.15) is 0 Å². The summed E-state index contributed by atoms with van der Waals surface area (Å²) in [5.41, 5.74) is 0. The van der Waals surface area contributed by atoms with E-state index in [4.69, 9.17) is 4.74 Å². The highest BCUT2D eigenvalue weighted by atomic mass is 16.6. The molecule has 2 rings (SSSR count). The average molecular weight is 247 g/mol. The average Bonchev–Trinajstić information content (AvgIpc) is 2.34. The van der Waals surface area contributed by atoms with Crippen LogP contribution >= 0.6 is 0 Å². The van der Waals surface area contributed by atoms with Crippen LogP contribution in [0.1, 0.15) is 44.9 Å². The van der Waals surface area contributed by atoms with E-state index in [9.17, 15) is 4.79 Å². The van der Waals surface area contributed by atoms with Crippen molar-refractivity contribution in [2.75, 3.05) is 0 Å². The van der Waals surface area contributed by atoms with Crippen molar-refractivity contribution in [3.05, 3.63) is 30.3 Å². The minimum Gasteiger partial charge on any atom is -0.410 e. The van der Waals surface area contributed by atoms with Crippen LogP contribution in [0.25, 0.3) is 0 Å². The van der Waals surface area contributed by atoms with Crippen LogP contribution in [-0.4, -0.2) is 12.1 Å². The van der Waals surface area contributed by atoms with Crippen molar-refractivity contribution < 1.29 is 9.53 Å². The summed E-state index contributed by atoms with van der Waals surface area (Å²) in [4.78, 5) is 11.7. The molecule has 0 spiro atoms. The highest BCUT2D eigenvalue weighted by molar-refractivity contribution is 5.70. The highest BCUT2D eigenvalue weighted by Gasteiger charge is 2.14. The maximum Gasteiger partial charge on any atom is 0.412 e. The molecule has 3 nitrogen and oxygen atoms in total. The Balaban J connectivity index is 1.79. The molecule has 0 atom stereocenters. The number of carbonyl (C=O) groups is 1. The summed E-state index contributed by atoms with van der Waals surface area (Å²) in [6.45, 7) is 0. The lowest BCUT2D eigenvalue weighted by molar-refractivity contribution is 0.193. The summed E-state index contributed by atoms with van der Waals surface area (Å²) >= 11 is 0. The number of hydrogen-bond donors (Lipinski definition) is 1. The summed E-state index contributed by atoms with van der Waals surface area (Å²) in [6.07, 6.45) is 8.13. The minimum atomic E-state index is -0.327. The third-order valence-corrected chi connectivity index (χ3v) is 3.38. The minimum absolute atomic E-state index is 0.279. The van der Waals surface area contributed by atoms with E-state index in [1.807, 2.05) is 18.2 Å². The molecule has 98 valence electrons. The fourth-order valence-corrected chi connectivity index (χ4v) is 2.39. The van der Waals surface area contributed by atoms with E-state index in [1.165, 1.54) is 32.1 Å². The molecule has 1 N–H and O–H groups in total. The highest BCUT2D eigenvalue weighted by Crippen LogP contribution is 2.17. The molecule has 0 bridgehead atoms. The molecular weight excluding hydrogens is 226 g/mol. The van der Waals surface area contributed by atoms with E-state index >= 15 is 0 Å². The molecule has 0 unspecified atom stereocenters. The number of benzene rings is 1. The first-order chi connectivity index (χ1) is 8.84. The van der Waals surface area contributed by atoms with Crippen LogP contribution in [-0.2, 0) is 0 Å². The third-order valence-electron chi connectivity index (χ3n) is 3.38. The molecule has 1 aliphatic carbocycles. The fourth-order valence-electron chi connectivity index (χ4n) is 2.39. The summed E-state index contributed by atoms with van der Waals surface area (Å²) < 4.78 is 5.24. The van der Waals surface area contributed by atoms with Crippen molar-refractivity contribution in [1.29, 1.82) is 0 Å². The Kier molecular flexibility index (Phi) is 5.06. The number of ether oxygens (including phenoxy) is 1. The molecule has 1 fully saturated rings. The lowest BCUT2D eigenvalue weighted by atomic mass is 9.97. The molecule has 1 aromatic rings. The largest absolute Gasteiger partial charge is 0.412 e. The first kappa shape index (κ1) is 12.9. The Hall–Kier alpha value is -1.51. The van der Waals surface area contributed by atoms with Crippen molar-refractivity contribution >= 4 is 6.09 Å². The molecule has 18 heavy (non-hydrogen) atoms. The standard InChI is InChI=1S/C15H21NO2/c17-15(18-14-11-7-4-8-12-14)16-13-9-5-2-1-3-6-10-13/h4,7-8,11-13H,1-3,5-6,9-10H2,(H,16,17). The van der Waals surface area contributed by atoms with Gasteiger partial charge in [-0.3, -0.25) is 0 Å². The van der Waals surface area contributed by atoms with Gasteiger partial charge in [0.1, 0.15) is 5.75 Å². The molecule has 0 aliphatic heterocycles. The lowest BCUT2D eigenvalue weighted by Gasteiger charge is -2.20. The van der Waals surface area contributed by atoms with E-state index < -0.39 is 0 Å². The maximum atomic E-state index is 11.7. The monoisotopic (exact) mass is 247 g/mol. The second kappa shape index (κ2) is 7.04. The number of rotatable bonds is 2. The molecule has 1 aromatic carbocycles. The van der Waals surface area contributed by atoms with Gasteiger partial charge in [-0.25, -0.2) is 4.79 Å². The molecule has 1 saturated carbocycles. The van der Waals surface area contributed by atoms with Crippen LogP contribution in [0.15, 0.2) is 30.3 Å².